The number of sulfonamides is 1. The number of carboxylic acid groups (broad SMARTS) is 1. The molecular weight excluding hydrogens is 418 g/mol. The quantitative estimate of drug-likeness (QED) is 0.772. The Kier molecular flexibility index (Phi) is 4.60. The van der Waals surface area contributed by atoms with Gasteiger partial charge in [-0.25, -0.2) is 16.8 Å². The van der Waals surface area contributed by atoms with E-state index in [9.17, 15) is 26.7 Å². The molecule has 0 saturated carbocycles. The van der Waals surface area contributed by atoms with Gasteiger partial charge in [-0.2, -0.15) is 4.31 Å². The zero-order chi connectivity index (χ0) is 21.2. The first-order valence-electron chi connectivity index (χ1n) is 9.48. The van der Waals surface area contributed by atoms with Crippen LogP contribution in [0.2, 0.25) is 0 Å². The summed E-state index contributed by atoms with van der Waals surface area (Å²) in [5, 5.41) is 10.6. The third-order valence-corrected chi connectivity index (χ3v) is 10.5. The minimum Gasteiger partial charge on any atom is -0.480 e. The van der Waals surface area contributed by atoms with E-state index >= 15 is 0 Å². The van der Waals surface area contributed by atoms with Gasteiger partial charge < -0.3 is 9.52 Å². The summed E-state index contributed by atoms with van der Waals surface area (Å²) in [6.07, 6.45) is 3.77. The first-order valence-corrected chi connectivity index (χ1v) is 12.6. The van der Waals surface area contributed by atoms with E-state index in [0.717, 1.165) is 46.7 Å². The first kappa shape index (κ1) is 20.4. The lowest BCUT2D eigenvalue weighted by atomic mass is 9.96. The molecule has 1 aliphatic carbocycles. The van der Waals surface area contributed by atoms with Crippen LogP contribution in [0.1, 0.15) is 38.0 Å². The lowest BCUT2D eigenvalue weighted by Gasteiger charge is -2.42. The van der Waals surface area contributed by atoms with Crippen LogP contribution in [-0.2, 0) is 37.5 Å². The van der Waals surface area contributed by atoms with Crippen molar-refractivity contribution in [1.29, 1.82) is 0 Å². The van der Waals surface area contributed by atoms with Crippen LogP contribution in [-0.4, -0.2) is 55.3 Å². The summed E-state index contributed by atoms with van der Waals surface area (Å²) >= 11 is 0. The van der Waals surface area contributed by atoms with E-state index in [2.05, 4.69) is 0 Å². The molecule has 1 N–H and O–H groups in total. The fraction of sp³-hybridized carbons (Fsp3) is 0.526. The van der Waals surface area contributed by atoms with Crippen LogP contribution in [0.25, 0.3) is 11.0 Å². The largest absolute Gasteiger partial charge is 0.480 e. The summed E-state index contributed by atoms with van der Waals surface area (Å²) in [7, 11) is -8.02. The molecule has 4 rings (SSSR count). The molecule has 1 fully saturated rings. The lowest BCUT2D eigenvalue weighted by molar-refractivity contribution is -0.142. The van der Waals surface area contributed by atoms with Crippen molar-refractivity contribution in [3.63, 3.8) is 0 Å². The van der Waals surface area contributed by atoms with Crippen LogP contribution in [0.3, 0.4) is 0 Å². The minimum absolute atomic E-state index is 0.0996. The highest BCUT2D eigenvalue weighted by Gasteiger charge is 2.55. The highest BCUT2D eigenvalue weighted by Crippen LogP contribution is 2.37. The Bertz CT molecular complexity index is 1210. The average molecular weight is 442 g/mol. The second-order valence-electron chi connectivity index (χ2n) is 8.15. The van der Waals surface area contributed by atoms with Crippen LogP contribution in [0.5, 0.6) is 0 Å². The monoisotopic (exact) mass is 441 g/mol. The van der Waals surface area contributed by atoms with Gasteiger partial charge in [-0.15, -0.1) is 0 Å². The van der Waals surface area contributed by atoms with Gasteiger partial charge in [0, 0.05) is 30.0 Å². The molecular formula is C19H23NO7S2. The molecule has 0 bridgehead atoms. The molecule has 8 nitrogen and oxygen atoms in total. The maximum atomic E-state index is 13.3. The topological polar surface area (TPSA) is 122 Å². The zero-order valence-electron chi connectivity index (χ0n) is 16.2. The molecule has 0 amide bonds. The van der Waals surface area contributed by atoms with E-state index in [0.29, 0.717) is 5.58 Å². The Morgan fingerprint density at radius 1 is 1.24 bits per heavy atom. The number of hydrogen-bond acceptors (Lipinski definition) is 6. The molecule has 10 heteroatoms. The Morgan fingerprint density at radius 2 is 1.93 bits per heavy atom. The van der Waals surface area contributed by atoms with Gasteiger partial charge in [0.2, 0.25) is 10.0 Å². The smallest absolute Gasteiger partial charge is 0.323 e. The van der Waals surface area contributed by atoms with E-state index in [-0.39, 0.29) is 4.90 Å². The number of rotatable bonds is 3. The number of carboxylic acids is 1. The van der Waals surface area contributed by atoms with Crippen molar-refractivity contribution in [1.82, 2.24) is 4.31 Å². The van der Waals surface area contributed by atoms with Gasteiger partial charge in [-0.1, -0.05) is 0 Å². The molecule has 29 heavy (non-hydrogen) atoms. The summed E-state index contributed by atoms with van der Waals surface area (Å²) < 4.78 is 56.4. The molecule has 1 aromatic carbocycles. The van der Waals surface area contributed by atoms with Gasteiger partial charge in [0.15, 0.2) is 9.84 Å². The van der Waals surface area contributed by atoms with Gasteiger partial charge in [0.1, 0.15) is 17.4 Å². The Balaban J connectivity index is 1.81. The SMILES string of the molecule is CC1(C)[C@H](C(=O)O)N(S(=O)(=O)c2ccc3c4c(oc3c2)CCCC4)CCS1(=O)=O. The van der Waals surface area contributed by atoms with Crippen molar-refractivity contribution in [3.05, 3.63) is 29.5 Å². The number of carbonyl (C=O) groups is 1. The van der Waals surface area contributed by atoms with Gasteiger partial charge in [-0.05, 0) is 45.2 Å². The Morgan fingerprint density at radius 3 is 2.62 bits per heavy atom. The van der Waals surface area contributed by atoms with Crippen molar-refractivity contribution >= 4 is 36.8 Å². The van der Waals surface area contributed by atoms with Crippen molar-refractivity contribution in [3.8, 4) is 0 Å². The summed E-state index contributed by atoms with van der Waals surface area (Å²) in [6.45, 7) is 2.11. The van der Waals surface area contributed by atoms with E-state index in [1.807, 2.05) is 0 Å². The summed E-state index contributed by atoms with van der Waals surface area (Å²) in [5.41, 5.74) is 1.55. The van der Waals surface area contributed by atoms with E-state index < -0.39 is 48.9 Å². The fourth-order valence-corrected chi connectivity index (χ4v) is 7.78. The molecule has 0 unspecified atom stereocenters. The van der Waals surface area contributed by atoms with Gasteiger partial charge in [0.25, 0.3) is 0 Å². The molecule has 1 atom stereocenters. The number of aliphatic carboxylic acids is 1. The van der Waals surface area contributed by atoms with Gasteiger partial charge in [0.05, 0.1) is 15.4 Å². The summed E-state index contributed by atoms with van der Waals surface area (Å²) in [4.78, 5) is 11.8. The van der Waals surface area contributed by atoms with Crippen molar-refractivity contribution < 1.29 is 31.2 Å². The third-order valence-electron chi connectivity index (χ3n) is 6.10. The molecule has 1 aromatic heterocycles. The van der Waals surface area contributed by atoms with Crippen molar-refractivity contribution in [2.75, 3.05) is 12.3 Å². The van der Waals surface area contributed by atoms with Crippen LogP contribution < -0.4 is 0 Å². The molecule has 2 heterocycles. The highest BCUT2D eigenvalue weighted by atomic mass is 32.2. The summed E-state index contributed by atoms with van der Waals surface area (Å²) in [6, 6.07) is 2.83. The van der Waals surface area contributed by atoms with E-state index in [4.69, 9.17) is 4.42 Å². The summed E-state index contributed by atoms with van der Waals surface area (Å²) in [5.74, 6) is -1.05. The number of sulfone groups is 1. The van der Waals surface area contributed by atoms with Gasteiger partial charge >= 0.3 is 5.97 Å². The first-order chi connectivity index (χ1) is 13.5. The molecule has 2 aliphatic rings. The molecule has 1 saturated heterocycles. The van der Waals surface area contributed by atoms with E-state index in [1.165, 1.54) is 26.0 Å². The number of hydrogen-bond donors (Lipinski definition) is 1. The maximum absolute atomic E-state index is 13.3. The lowest BCUT2D eigenvalue weighted by Crippen LogP contribution is -2.64. The second kappa shape index (κ2) is 6.55. The van der Waals surface area contributed by atoms with Crippen molar-refractivity contribution in [2.45, 2.75) is 55.2 Å². The minimum atomic E-state index is -4.24. The zero-order valence-corrected chi connectivity index (χ0v) is 17.8. The normalized spacial score (nSPS) is 24.3. The fourth-order valence-electron chi connectivity index (χ4n) is 4.34. The average Bonchev–Trinajstić information content (AvgIpc) is 3.01. The van der Waals surface area contributed by atoms with Crippen LogP contribution in [0, 0.1) is 0 Å². The standard InChI is InChI=1S/C19H23NO7S2/c1-19(2)17(18(21)22)20(9-10-28(19,23)24)29(25,26)12-7-8-14-13-5-3-4-6-15(13)27-16(14)11-12/h7-8,11,17H,3-6,9-10H2,1-2H3,(H,21,22)/t17-/m0/s1. The number of benzene rings is 1. The number of nitrogens with zero attached hydrogens (tertiary/aromatic N) is 1. The van der Waals surface area contributed by atoms with E-state index in [1.54, 1.807) is 6.07 Å². The third kappa shape index (κ3) is 3.00. The number of fused-ring (bicyclic) bond motifs is 3. The number of furan rings is 1. The Labute approximate surface area is 169 Å². The van der Waals surface area contributed by atoms with Crippen molar-refractivity contribution in [2.24, 2.45) is 0 Å². The van der Waals surface area contributed by atoms with Gasteiger partial charge in [-0.3, -0.25) is 4.79 Å². The second-order valence-corrected chi connectivity index (χ2v) is 12.7. The molecule has 1 aliphatic heterocycles. The molecule has 2 aromatic rings. The highest BCUT2D eigenvalue weighted by molar-refractivity contribution is 7.93. The molecule has 0 spiro atoms. The number of aryl methyl sites for hydroxylation is 2. The molecule has 158 valence electrons. The van der Waals surface area contributed by atoms with Crippen LogP contribution in [0.15, 0.2) is 27.5 Å². The predicted octanol–water partition coefficient (Wildman–Crippen LogP) is 1.96. The predicted molar refractivity (Wildman–Crippen MR) is 106 cm³/mol. The van der Waals surface area contributed by atoms with Crippen LogP contribution in [0.4, 0.5) is 0 Å². The van der Waals surface area contributed by atoms with Crippen LogP contribution >= 0.6 is 0 Å². The molecule has 0 radical (unpaired) electrons. The maximum Gasteiger partial charge on any atom is 0.323 e. The Hall–Kier alpha value is -1.91.